The molecular weight excluding hydrogens is 470 g/mol. The monoisotopic (exact) mass is 497 g/mol. The second-order valence-corrected chi connectivity index (χ2v) is 10.0. The van der Waals surface area contributed by atoms with Crippen LogP contribution < -0.4 is 15.6 Å². The van der Waals surface area contributed by atoms with Crippen molar-refractivity contribution < 1.29 is 19.4 Å². The predicted octanol–water partition coefficient (Wildman–Crippen LogP) is 2.36. The Morgan fingerprint density at radius 3 is 2.77 bits per heavy atom. The summed E-state index contributed by atoms with van der Waals surface area (Å²) in [6, 6.07) is 1.74. The molecule has 2 N–H and O–H groups in total. The van der Waals surface area contributed by atoms with Crippen LogP contribution in [0, 0.1) is 12.8 Å². The van der Waals surface area contributed by atoms with Crippen LogP contribution in [0.4, 0.5) is 5.82 Å². The lowest BCUT2D eigenvalue weighted by atomic mass is 9.97. The summed E-state index contributed by atoms with van der Waals surface area (Å²) in [6.07, 6.45) is 6.10. The zero-order chi connectivity index (χ0) is 24.7. The molecule has 0 spiro atoms. The van der Waals surface area contributed by atoms with E-state index >= 15 is 0 Å². The van der Waals surface area contributed by atoms with E-state index in [0.29, 0.717) is 35.2 Å². The van der Waals surface area contributed by atoms with Crippen molar-refractivity contribution in [1.29, 1.82) is 0 Å². The molecule has 5 rings (SSSR count). The maximum absolute atomic E-state index is 12.9. The van der Waals surface area contributed by atoms with Crippen LogP contribution in [0.25, 0.3) is 16.2 Å². The zero-order valence-electron chi connectivity index (χ0n) is 19.6. The van der Waals surface area contributed by atoms with Gasteiger partial charge >= 0.3 is 5.97 Å². The van der Waals surface area contributed by atoms with Gasteiger partial charge in [0, 0.05) is 37.5 Å². The number of hydrogen-bond donors (Lipinski definition) is 2. The quantitative estimate of drug-likeness (QED) is 0.532. The van der Waals surface area contributed by atoms with Crippen molar-refractivity contribution in [1.82, 2.24) is 19.9 Å². The van der Waals surface area contributed by atoms with Crippen molar-refractivity contribution in [3.63, 3.8) is 0 Å². The van der Waals surface area contributed by atoms with Gasteiger partial charge in [0.05, 0.1) is 23.4 Å². The van der Waals surface area contributed by atoms with Gasteiger partial charge in [-0.2, -0.15) is 0 Å². The van der Waals surface area contributed by atoms with Crippen molar-refractivity contribution in [2.75, 3.05) is 24.6 Å². The number of aryl methyl sites for hydroxylation is 1. The summed E-state index contributed by atoms with van der Waals surface area (Å²) in [6.45, 7) is 5.52. The van der Waals surface area contributed by atoms with Crippen molar-refractivity contribution >= 4 is 40.1 Å². The lowest BCUT2D eigenvalue weighted by Crippen LogP contribution is -2.56. The number of pyridine rings is 2. The third-order valence-corrected chi connectivity index (χ3v) is 7.49. The SMILES string of the molecule is Cc1cc(N2CC(C(=O)NC(C)C3CCCCO3)C2)nc2c1c(=O)c(C(=O)O)cn2-c1nccs1. The minimum Gasteiger partial charge on any atom is -0.477 e. The number of nitrogens with one attached hydrogen (secondary N) is 1. The molecule has 5 heterocycles. The maximum atomic E-state index is 12.9. The topological polar surface area (TPSA) is 127 Å². The average Bonchev–Trinajstić information content (AvgIpc) is 3.33. The highest BCUT2D eigenvalue weighted by Gasteiger charge is 2.35. The zero-order valence-corrected chi connectivity index (χ0v) is 20.4. The van der Waals surface area contributed by atoms with Crippen molar-refractivity contribution in [2.45, 2.75) is 45.3 Å². The number of aromatic nitrogens is 3. The Hall–Kier alpha value is -3.31. The Morgan fingerprint density at radius 1 is 1.31 bits per heavy atom. The Labute approximate surface area is 205 Å². The van der Waals surface area contributed by atoms with Gasteiger partial charge in [-0.3, -0.25) is 14.2 Å². The number of fused-ring (bicyclic) bond motifs is 1. The molecule has 3 aromatic rings. The van der Waals surface area contributed by atoms with E-state index in [2.05, 4.69) is 10.3 Å². The molecular formula is C24H27N5O5S. The molecule has 2 aliphatic rings. The summed E-state index contributed by atoms with van der Waals surface area (Å²) < 4.78 is 7.34. The van der Waals surface area contributed by atoms with Gasteiger partial charge in [0.1, 0.15) is 11.4 Å². The van der Waals surface area contributed by atoms with Gasteiger partial charge in [0.2, 0.25) is 11.3 Å². The number of nitrogens with zero attached hydrogens (tertiary/aromatic N) is 4. The van der Waals surface area contributed by atoms with E-state index in [0.717, 1.165) is 25.9 Å². The van der Waals surface area contributed by atoms with Gasteiger partial charge in [-0.15, -0.1) is 11.3 Å². The van der Waals surface area contributed by atoms with Gasteiger partial charge in [-0.25, -0.2) is 14.8 Å². The standard InChI is InChI=1S/C24H27N5O5S/c1-13-9-18(28-10-15(11-28)22(31)26-14(2)17-5-3-4-7-34-17)27-21-19(13)20(30)16(23(32)33)12-29(21)24-25-6-8-35-24/h6,8-9,12,14-15,17H,3-5,7,10-11H2,1-2H3,(H,26,31)(H,32,33). The fourth-order valence-electron chi connectivity index (χ4n) is 4.70. The van der Waals surface area contributed by atoms with Crippen LogP contribution in [0.3, 0.4) is 0 Å². The summed E-state index contributed by atoms with van der Waals surface area (Å²) in [5, 5.41) is 15.2. The van der Waals surface area contributed by atoms with Crippen LogP contribution in [-0.4, -0.2) is 63.4 Å². The van der Waals surface area contributed by atoms with Crippen molar-refractivity contribution in [2.24, 2.45) is 5.92 Å². The van der Waals surface area contributed by atoms with Crippen LogP contribution >= 0.6 is 11.3 Å². The molecule has 0 bridgehead atoms. The Morgan fingerprint density at radius 2 is 2.11 bits per heavy atom. The summed E-state index contributed by atoms with van der Waals surface area (Å²) >= 11 is 1.32. The van der Waals surface area contributed by atoms with Crippen LogP contribution in [0.1, 0.15) is 42.1 Å². The van der Waals surface area contributed by atoms with Crippen molar-refractivity contribution in [3.05, 3.63) is 45.2 Å². The number of aromatic carboxylic acids is 1. The highest BCUT2D eigenvalue weighted by Crippen LogP contribution is 2.29. The number of ether oxygens (including phenoxy) is 1. The second kappa shape index (κ2) is 9.38. The largest absolute Gasteiger partial charge is 0.477 e. The number of carbonyl (C=O) groups excluding carboxylic acids is 1. The smallest absolute Gasteiger partial charge is 0.341 e. The third-order valence-electron chi connectivity index (χ3n) is 6.72. The average molecular weight is 498 g/mol. The van der Waals surface area contributed by atoms with E-state index in [1.165, 1.54) is 17.5 Å². The first-order valence-electron chi connectivity index (χ1n) is 11.7. The Kier molecular flexibility index (Phi) is 6.28. The van der Waals surface area contributed by atoms with Crippen LogP contribution in [0.15, 0.2) is 28.6 Å². The molecule has 2 atom stereocenters. The van der Waals surface area contributed by atoms with Crippen molar-refractivity contribution in [3.8, 4) is 5.13 Å². The number of carboxylic acid groups (broad SMARTS) is 1. The van der Waals surface area contributed by atoms with E-state index in [4.69, 9.17) is 9.72 Å². The summed E-state index contributed by atoms with van der Waals surface area (Å²) in [7, 11) is 0. The van der Waals surface area contributed by atoms with E-state index in [9.17, 15) is 19.5 Å². The first kappa shape index (κ1) is 23.4. The number of carbonyl (C=O) groups is 2. The molecule has 184 valence electrons. The fraction of sp³-hybridized carbons (Fsp3) is 0.458. The molecule has 2 saturated heterocycles. The minimum absolute atomic E-state index is 0.00577. The number of rotatable bonds is 6. The highest BCUT2D eigenvalue weighted by atomic mass is 32.1. The van der Waals surface area contributed by atoms with Crippen LogP contribution in [0.2, 0.25) is 0 Å². The van der Waals surface area contributed by atoms with E-state index in [1.807, 2.05) is 11.8 Å². The molecule has 3 aromatic heterocycles. The summed E-state index contributed by atoms with van der Waals surface area (Å²) in [5.41, 5.74) is 0.0686. The van der Waals surface area contributed by atoms with Crippen LogP contribution in [-0.2, 0) is 9.53 Å². The number of amides is 1. The first-order valence-corrected chi connectivity index (χ1v) is 12.6. The molecule has 0 aromatic carbocycles. The summed E-state index contributed by atoms with van der Waals surface area (Å²) in [5.74, 6) is -0.814. The van der Waals surface area contributed by atoms with Gasteiger partial charge in [0.15, 0.2) is 10.8 Å². The second-order valence-electron chi connectivity index (χ2n) is 9.16. The van der Waals surface area contributed by atoms with Crippen LogP contribution in [0.5, 0.6) is 0 Å². The number of carboxylic acids is 1. The first-order chi connectivity index (χ1) is 16.8. The normalized spacial score (nSPS) is 19.4. The lowest BCUT2D eigenvalue weighted by Gasteiger charge is -2.40. The lowest BCUT2D eigenvalue weighted by molar-refractivity contribution is -0.128. The number of hydrogen-bond acceptors (Lipinski definition) is 8. The Balaban J connectivity index is 1.39. The third kappa shape index (κ3) is 4.41. The fourth-order valence-corrected chi connectivity index (χ4v) is 5.32. The van der Waals surface area contributed by atoms with E-state index in [-0.39, 0.29) is 34.9 Å². The molecule has 2 fully saturated rings. The van der Waals surface area contributed by atoms with E-state index < -0.39 is 11.4 Å². The van der Waals surface area contributed by atoms with Gasteiger partial charge < -0.3 is 20.1 Å². The predicted molar refractivity (Wildman–Crippen MR) is 132 cm³/mol. The molecule has 10 nitrogen and oxygen atoms in total. The molecule has 35 heavy (non-hydrogen) atoms. The maximum Gasteiger partial charge on any atom is 0.341 e. The molecule has 11 heteroatoms. The molecule has 0 aliphatic carbocycles. The number of thiazole rings is 1. The Bertz CT molecular complexity index is 1330. The molecule has 2 unspecified atom stereocenters. The summed E-state index contributed by atoms with van der Waals surface area (Å²) in [4.78, 5) is 48.4. The molecule has 0 saturated carbocycles. The van der Waals surface area contributed by atoms with Gasteiger partial charge in [-0.1, -0.05) is 0 Å². The highest BCUT2D eigenvalue weighted by molar-refractivity contribution is 7.12. The molecule has 1 amide bonds. The van der Waals surface area contributed by atoms with Gasteiger partial charge in [-0.05, 0) is 44.7 Å². The minimum atomic E-state index is -1.30. The molecule has 2 aliphatic heterocycles. The van der Waals surface area contributed by atoms with Gasteiger partial charge in [0.25, 0.3) is 0 Å². The van der Waals surface area contributed by atoms with E-state index in [1.54, 1.807) is 29.1 Å². The molecule has 0 radical (unpaired) electrons. The number of anilines is 1.